The molecule has 0 unspecified atom stereocenters. The van der Waals surface area contributed by atoms with Gasteiger partial charge in [-0.2, -0.15) is 0 Å². The maximum atomic E-state index is 12.5. The molecule has 1 aliphatic carbocycles. The first-order valence-electron chi connectivity index (χ1n) is 8.21. The first kappa shape index (κ1) is 16.6. The van der Waals surface area contributed by atoms with Crippen LogP contribution in [-0.2, 0) is 16.1 Å². The fraction of sp³-hybridized carbons (Fsp3) is 0.450. The van der Waals surface area contributed by atoms with Crippen LogP contribution < -0.4 is 9.47 Å². The quantitative estimate of drug-likeness (QED) is 0.831. The van der Waals surface area contributed by atoms with Gasteiger partial charge in [0.05, 0.1) is 20.5 Å². The van der Waals surface area contributed by atoms with Crippen LogP contribution >= 0.6 is 0 Å². The second-order valence-electron chi connectivity index (χ2n) is 6.91. The van der Waals surface area contributed by atoms with Crippen LogP contribution in [0.1, 0.15) is 44.7 Å². The van der Waals surface area contributed by atoms with Gasteiger partial charge in [-0.25, -0.2) is 0 Å². The number of methoxy groups -OCH3 is 2. The van der Waals surface area contributed by atoms with E-state index in [1.807, 2.05) is 26.0 Å². The fourth-order valence-electron chi connectivity index (χ4n) is 3.78. The molecule has 1 aromatic carbocycles. The van der Waals surface area contributed by atoms with Crippen molar-refractivity contribution in [3.8, 4) is 11.5 Å². The number of fused-ring (bicyclic) bond motifs is 1. The molecule has 0 saturated heterocycles. The van der Waals surface area contributed by atoms with Gasteiger partial charge in [-0.05, 0) is 38.8 Å². The van der Waals surface area contributed by atoms with Crippen molar-refractivity contribution in [1.82, 2.24) is 0 Å². The van der Waals surface area contributed by atoms with Crippen molar-refractivity contribution in [2.75, 3.05) is 14.2 Å². The van der Waals surface area contributed by atoms with Crippen LogP contribution in [0.15, 0.2) is 29.5 Å². The summed E-state index contributed by atoms with van der Waals surface area (Å²) >= 11 is 0. The van der Waals surface area contributed by atoms with Gasteiger partial charge in [0, 0.05) is 34.6 Å². The first-order valence-corrected chi connectivity index (χ1v) is 8.21. The average molecular weight is 328 g/mol. The molecule has 0 N–H and O–H groups in total. The molecule has 0 spiro atoms. The van der Waals surface area contributed by atoms with Crippen molar-refractivity contribution in [2.24, 2.45) is 5.41 Å². The lowest BCUT2D eigenvalue weighted by molar-refractivity contribution is -0.125. The van der Waals surface area contributed by atoms with Crippen molar-refractivity contribution in [2.45, 2.75) is 40.2 Å². The van der Waals surface area contributed by atoms with E-state index >= 15 is 0 Å². The van der Waals surface area contributed by atoms with Crippen LogP contribution in [0.2, 0.25) is 0 Å². The molecule has 2 aliphatic rings. The van der Waals surface area contributed by atoms with Gasteiger partial charge in [0.1, 0.15) is 23.9 Å². The highest BCUT2D eigenvalue weighted by atomic mass is 16.5. The van der Waals surface area contributed by atoms with E-state index in [2.05, 4.69) is 6.92 Å². The third-order valence-corrected chi connectivity index (χ3v) is 5.07. The minimum atomic E-state index is -0.531. The van der Waals surface area contributed by atoms with Crippen molar-refractivity contribution in [3.63, 3.8) is 0 Å². The number of ketones is 1. The third-order valence-electron chi connectivity index (χ3n) is 5.07. The Morgan fingerprint density at radius 3 is 2.54 bits per heavy atom. The van der Waals surface area contributed by atoms with Gasteiger partial charge in [-0.15, -0.1) is 0 Å². The largest absolute Gasteiger partial charge is 0.497 e. The molecule has 3 rings (SSSR count). The number of ether oxygens (including phenoxy) is 3. The molecule has 0 bridgehead atoms. The predicted molar refractivity (Wildman–Crippen MR) is 93.0 cm³/mol. The number of allylic oxidation sites excluding steroid dienone is 3. The molecule has 0 saturated carbocycles. The standard InChI is InChI=1S/C20H24O4/c1-12-6-7-17(21)20(2,3)19(12)15-11-24-10-13-8-14(22-4)9-16(23-5)18(13)15/h8-9,11H,6-7,10H2,1-5H3. The Morgan fingerprint density at radius 1 is 1.12 bits per heavy atom. The number of Topliss-reactive ketones (excluding diaryl/α,β-unsaturated/α-hetero) is 1. The highest BCUT2D eigenvalue weighted by Crippen LogP contribution is 2.49. The van der Waals surface area contributed by atoms with E-state index in [0.717, 1.165) is 40.2 Å². The van der Waals surface area contributed by atoms with Crippen molar-refractivity contribution in [3.05, 3.63) is 40.7 Å². The van der Waals surface area contributed by atoms with Crippen LogP contribution in [0.4, 0.5) is 0 Å². The zero-order chi connectivity index (χ0) is 17.5. The molecule has 1 aromatic rings. The molecule has 4 heteroatoms. The minimum Gasteiger partial charge on any atom is -0.497 e. The number of benzene rings is 1. The summed E-state index contributed by atoms with van der Waals surface area (Å²) in [6.45, 7) is 6.57. The van der Waals surface area contributed by atoms with E-state index in [9.17, 15) is 4.79 Å². The van der Waals surface area contributed by atoms with Gasteiger partial charge in [0.2, 0.25) is 0 Å². The Bertz CT molecular complexity index is 753. The van der Waals surface area contributed by atoms with Gasteiger partial charge in [-0.3, -0.25) is 4.79 Å². The zero-order valence-electron chi connectivity index (χ0n) is 15.0. The first-order chi connectivity index (χ1) is 11.4. The van der Waals surface area contributed by atoms with E-state index in [-0.39, 0.29) is 5.78 Å². The normalized spacial score (nSPS) is 19.4. The number of hydrogen-bond acceptors (Lipinski definition) is 4. The summed E-state index contributed by atoms with van der Waals surface area (Å²) in [6.07, 6.45) is 3.17. The van der Waals surface area contributed by atoms with E-state index < -0.39 is 5.41 Å². The maximum Gasteiger partial charge on any atom is 0.143 e. The summed E-state index contributed by atoms with van der Waals surface area (Å²) < 4.78 is 16.7. The molecule has 24 heavy (non-hydrogen) atoms. The highest BCUT2D eigenvalue weighted by Gasteiger charge is 2.40. The Morgan fingerprint density at radius 2 is 1.88 bits per heavy atom. The summed E-state index contributed by atoms with van der Waals surface area (Å²) in [4.78, 5) is 12.5. The summed E-state index contributed by atoms with van der Waals surface area (Å²) in [5.74, 6) is 1.75. The molecule has 0 aromatic heterocycles. The summed E-state index contributed by atoms with van der Waals surface area (Å²) in [7, 11) is 3.29. The van der Waals surface area contributed by atoms with Crippen LogP contribution in [0.5, 0.6) is 11.5 Å². The summed E-state index contributed by atoms with van der Waals surface area (Å²) in [6, 6.07) is 3.85. The molecule has 1 aliphatic heterocycles. The van der Waals surface area contributed by atoms with E-state index in [1.165, 1.54) is 5.57 Å². The van der Waals surface area contributed by atoms with E-state index in [0.29, 0.717) is 13.0 Å². The SMILES string of the molecule is COc1cc2c(c(OC)c1)C(C1=C(C)CCC(=O)C1(C)C)=COC2. The second-order valence-corrected chi connectivity index (χ2v) is 6.91. The van der Waals surface area contributed by atoms with Gasteiger partial charge in [-0.1, -0.05) is 5.57 Å². The van der Waals surface area contributed by atoms with Gasteiger partial charge in [0.15, 0.2) is 0 Å². The van der Waals surface area contributed by atoms with Crippen molar-refractivity contribution < 1.29 is 19.0 Å². The lowest BCUT2D eigenvalue weighted by atomic mass is 9.67. The molecular weight excluding hydrogens is 304 g/mol. The number of carbonyl (C=O) groups is 1. The van der Waals surface area contributed by atoms with Gasteiger partial charge in [0.25, 0.3) is 0 Å². The fourth-order valence-corrected chi connectivity index (χ4v) is 3.78. The Kier molecular flexibility index (Phi) is 4.16. The molecule has 0 radical (unpaired) electrons. The van der Waals surface area contributed by atoms with Crippen molar-refractivity contribution >= 4 is 11.4 Å². The summed E-state index contributed by atoms with van der Waals surface area (Å²) in [5, 5.41) is 0. The molecule has 0 fully saturated rings. The smallest absolute Gasteiger partial charge is 0.143 e. The van der Waals surface area contributed by atoms with Crippen LogP contribution in [0, 0.1) is 5.41 Å². The number of rotatable bonds is 3. The van der Waals surface area contributed by atoms with Crippen molar-refractivity contribution in [1.29, 1.82) is 0 Å². The molecular formula is C20H24O4. The average Bonchev–Trinajstić information content (AvgIpc) is 2.57. The molecule has 0 atom stereocenters. The van der Waals surface area contributed by atoms with Crippen LogP contribution in [0.3, 0.4) is 0 Å². The number of carbonyl (C=O) groups excluding carboxylic acids is 1. The summed E-state index contributed by atoms with van der Waals surface area (Å²) in [5.41, 5.74) is 4.73. The molecule has 1 heterocycles. The Labute approximate surface area is 143 Å². The molecule has 128 valence electrons. The predicted octanol–water partition coefficient (Wildman–Crippen LogP) is 4.28. The third kappa shape index (κ3) is 2.50. The van der Waals surface area contributed by atoms with Gasteiger partial charge >= 0.3 is 0 Å². The maximum absolute atomic E-state index is 12.5. The topological polar surface area (TPSA) is 44.8 Å². The van der Waals surface area contributed by atoms with E-state index in [4.69, 9.17) is 14.2 Å². The number of hydrogen-bond donors (Lipinski definition) is 0. The van der Waals surface area contributed by atoms with Crippen LogP contribution in [-0.4, -0.2) is 20.0 Å². The van der Waals surface area contributed by atoms with Gasteiger partial charge < -0.3 is 14.2 Å². The van der Waals surface area contributed by atoms with E-state index in [1.54, 1.807) is 20.5 Å². The minimum absolute atomic E-state index is 0.267. The monoisotopic (exact) mass is 328 g/mol. The Balaban J connectivity index is 2.22. The molecule has 4 nitrogen and oxygen atoms in total. The Hall–Kier alpha value is -2.23. The zero-order valence-corrected chi connectivity index (χ0v) is 15.0. The lowest BCUT2D eigenvalue weighted by Crippen LogP contribution is -2.32. The second kappa shape index (κ2) is 6.00. The lowest BCUT2D eigenvalue weighted by Gasteiger charge is -2.36. The molecule has 0 amide bonds. The highest BCUT2D eigenvalue weighted by molar-refractivity contribution is 5.98. The van der Waals surface area contributed by atoms with Crippen LogP contribution in [0.25, 0.3) is 5.57 Å².